The molecule has 0 unspecified atom stereocenters. The quantitative estimate of drug-likeness (QED) is 0.376. The van der Waals surface area contributed by atoms with Crippen molar-refractivity contribution < 1.29 is 27.1 Å². The summed E-state index contributed by atoms with van der Waals surface area (Å²) in [6.07, 6.45) is -3.52. The third kappa shape index (κ3) is 4.70. The highest BCUT2D eigenvalue weighted by atomic mass is 19.4. The van der Waals surface area contributed by atoms with Crippen LogP contribution in [0.2, 0.25) is 0 Å². The zero-order valence-corrected chi connectivity index (χ0v) is 19.3. The molecule has 7 nitrogen and oxygen atoms in total. The van der Waals surface area contributed by atoms with E-state index in [4.69, 9.17) is 13.9 Å². The Kier molecular flexibility index (Phi) is 6.14. The van der Waals surface area contributed by atoms with Crippen LogP contribution < -0.4 is 14.8 Å². The molecule has 3 heterocycles. The summed E-state index contributed by atoms with van der Waals surface area (Å²) in [5, 5.41) is 12.1. The Morgan fingerprint density at radius 3 is 2.54 bits per heavy atom. The lowest BCUT2D eigenvalue weighted by Crippen LogP contribution is -2.28. The zero-order valence-electron chi connectivity index (χ0n) is 19.3. The molecule has 2 aromatic heterocycles. The minimum atomic E-state index is -4.40. The number of methoxy groups -OCH3 is 2. The molecule has 10 heteroatoms. The fourth-order valence-corrected chi connectivity index (χ4v) is 4.58. The molecule has 0 bridgehead atoms. The predicted molar refractivity (Wildman–Crippen MR) is 125 cm³/mol. The van der Waals surface area contributed by atoms with Gasteiger partial charge in [-0.15, -0.1) is 10.2 Å². The van der Waals surface area contributed by atoms with Gasteiger partial charge in [0.15, 0.2) is 11.5 Å². The number of nitrogens with one attached hydrogen (secondary N) is 2. The maximum Gasteiger partial charge on any atom is 0.393 e. The van der Waals surface area contributed by atoms with Crippen LogP contribution >= 0.6 is 0 Å². The number of H-pyrrole nitrogens is 1. The van der Waals surface area contributed by atoms with Crippen LogP contribution in [0.1, 0.15) is 30.2 Å². The number of fused-ring (bicyclic) bond motifs is 1. The maximum absolute atomic E-state index is 13.6. The number of alkyl halides is 3. The van der Waals surface area contributed by atoms with Crippen molar-refractivity contribution in [3.63, 3.8) is 0 Å². The van der Waals surface area contributed by atoms with Crippen molar-refractivity contribution in [2.45, 2.75) is 31.4 Å². The van der Waals surface area contributed by atoms with Crippen molar-refractivity contribution in [3.8, 4) is 34.2 Å². The first kappa shape index (κ1) is 23.2. The summed E-state index contributed by atoms with van der Waals surface area (Å²) in [5.41, 5.74) is 2.22. The first-order valence-electron chi connectivity index (χ1n) is 11.3. The van der Waals surface area contributed by atoms with Crippen molar-refractivity contribution in [2.75, 3.05) is 27.3 Å². The van der Waals surface area contributed by atoms with Crippen molar-refractivity contribution in [1.29, 1.82) is 0 Å². The molecular weight excluding hydrogens is 461 g/mol. The van der Waals surface area contributed by atoms with Crippen LogP contribution in [0.4, 0.5) is 13.2 Å². The van der Waals surface area contributed by atoms with Gasteiger partial charge in [-0.25, -0.2) is 0 Å². The highest BCUT2D eigenvalue weighted by molar-refractivity contribution is 5.93. The van der Waals surface area contributed by atoms with Gasteiger partial charge in [-0.05, 0) is 61.3 Å². The molecule has 1 saturated heterocycles. The Labute approximate surface area is 199 Å². The molecule has 4 aromatic rings. The minimum absolute atomic E-state index is 0.137. The highest BCUT2D eigenvalue weighted by Gasteiger charge is 2.32. The zero-order chi connectivity index (χ0) is 24.6. The van der Waals surface area contributed by atoms with E-state index < -0.39 is 12.6 Å². The number of rotatable bonds is 6. The normalized spacial score (nSPS) is 16.5. The number of hydrogen-bond donors (Lipinski definition) is 2. The van der Waals surface area contributed by atoms with Crippen LogP contribution in [-0.4, -0.2) is 48.7 Å². The number of piperidine rings is 1. The van der Waals surface area contributed by atoms with Gasteiger partial charge in [0, 0.05) is 34.5 Å². The third-order valence-electron chi connectivity index (χ3n) is 6.29. The second kappa shape index (κ2) is 9.26. The first-order valence-corrected chi connectivity index (χ1v) is 11.3. The highest BCUT2D eigenvalue weighted by Crippen LogP contribution is 2.39. The van der Waals surface area contributed by atoms with Gasteiger partial charge in [0.2, 0.25) is 11.8 Å². The molecule has 2 aromatic carbocycles. The lowest BCUT2D eigenvalue weighted by atomic mass is 10.00. The Balaban J connectivity index is 1.58. The van der Waals surface area contributed by atoms with Crippen LogP contribution in [0, 0.1) is 0 Å². The number of aromatic amines is 1. The molecule has 0 aliphatic carbocycles. The van der Waals surface area contributed by atoms with Gasteiger partial charge in [0.25, 0.3) is 0 Å². The van der Waals surface area contributed by atoms with E-state index in [2.05, 4.69) is 20.5 Å². The van der Waals surface area contributed by atoms with E-state index in [0.717, 1.165) is 25.9 Å². The summed E-state index contributed by atoms with van der Waals surface area (Å²) in [4.78, 5) is 3.16. The summed E-state index contributed by atoms with van der Waals surface area (Å²) in [6, 6.07) is 10.2. The second-order valence-corrected chi connectivity index (χ2v) is 8.59. The SMILES string of the molecule is COc1ccc(-c2[nH]c3ccc(-c4nnc([C@H]5CCCNC5)o4)cc3c2CC(F)(F)F)cc1OC. The van der Waals surface area contributed by atoms with Crippen LogP contribution in [0.3, 0.4) is 0 Å². The molecule has 1 aliphatic rings. The minimum Gasteiger partial charge on any atom is -0.493 e. The predicted octanol–water partition coefficient (Wildman–Crippen LogP) is 5.47. The van der Waals surface area contributed by atoms with Gasteiger partial charge in [-0.3, -0.25) is 0 Å². The third-order valence-corrected chi connectivity index (χ3v) is 6.29. The average Bonchev–Trinajstić information content (AvgIpc) is 3.48. The Morgan fingerprint density at radius 1 is 1.03 bits per heavy atom. The van der Waals surface area contributed by atoms with Gasteiger partial charge >= 0.3 is 6.18 Å². The summed E-state index contributed by atoms with van der Waals surface area (Å²) >= 11 is 0. The first-order chi connectivity index (χ1) is 16.9. The molecule has 2 N–H and O–H groups in total. The fourth-order valence-electron chi connectivity index (χ4n) is 4.58. The van der Waals surface area contributed by atoms with Crippen molar-refractivity contribution in [2.24, 2.45) is 0 Å². The van der Waals surface area contributed by atoms with Gasteiger partial charge in [0.1, 0.15) is 0 Å². The van der Waals surface area contributed by atoms with Gasteiger partial charge < -0.3 is 24.2 Å². The Morgan fingerprint density at radius 2 is 1.83 bits per heavy atom. The van der Waals surface area contributed by atoms with Gasteiger partial charge in [0.05, 0.1) is 26.3 Å². The molecule has 1 atom stereocenters. The molecule has 0 amide bonds. The lowest BCUT2D eigenvalue weighted by Gasteiger charge is -2.18. The Hall–Kier alpha value is -3.53. The number of benzene rings is 2. The molecule has 0 spiro atoms. The van der Waals surface area contributed by atoms with Crippen LogP contribution in [0.25, 0.3) is 33.6 Å². The van der Waals surface area contributed by atoms with E-state index in [1.165, 1.54) is 14.2 Å². The molecule has 1 fully saturated rings. The summed E-state index contributed by atoms with van der Waals surface area (Å²) < 4.78 is 57.4. The average molecular weight is 486 g/mol. The number of hydrogen-bond acceptors (Lipinski definition) is 6. The van der Waals surface area contributed by atoms with E-state index in [0.29, 0.717) is 51.0 Å². The largest absolute Gasteiger partial charge is 0.493 e. The standard InChI is InChI=1S/C25H25F3N4O3/c1-33-20-8-6-14(11-21(20)34-2)22-18(12-25(26,27)28)17-10-15(5-7-19(17)30-22)23-31-32-24(35-23)16-4-3-9-29-13-16/h5-8,10-11,16,29-30H,3-4,9,12-13H2,1-2H3/t16-/m0/s1. The van der Waals surface area contributed by atoms with E-state index in [1.807, 2.05) is 0 Å². The van der Waals surface area contributed by atoms with E-state index >= 15 is 0 Å². The van der Waals surface area contributed by atoms with Crippen LogP contribution in [0.5, 0.6) is 11.5 Å². The number of aromatic nitrogens is 3. The van der Waals surface area contributed by atoms with Crippen molar-refractivity contribution in [3.05, 3.63) is 47.9 Å². The second-order valence-electron chi connectivity index (χ2n) is 8.59. The molecular formula is C25H25F3N4O3. The number of ether oxygens (including phenoxy) is 2. The number of nitrogens with zero attached hydrogens (tertiary/aromatic N) is 2. The molecule has 0 radical (unpaired) electrons. The molecule has 0 saturated carbocycles. The maximum atomic E-state index is 13.6. The number of halogens is 3. The van der Waals surface area contributed by atoms with E-state index in [-0.39, 0.29) is 11.5 Å². The van der Waals surface area contributed by atoms with E-state index in [9.17, 15) is 13.2 Å². The fraction of sp³-hybridized carbons (Fsp3) is 0.360. The van der Waals surface area contributed by atoms with Gasteiger partial charge in [-0.2, -0.15) is 13.2 Å². The topological polar surface area (TPSA) is 85.2 Å². The molecule has 184 valence electrons. The summed E-state index contributed by atoms with van der Waals surface area (Å²) in [7, 11) is 2.99. The molecule has 35 heavy (non-hydrogen) atoms. The lowest BCUT2D eigenvalue weighted by molar-refractivity contribution is -0.126. The van der Waals surface area contributed by atoms with E-state index in [1.54, 1.807) is 36.4 Å². The van der Waals surface area contributed by atoms with Crippen molar-refractivity contribution >= 4 is 10.9 Å². The van der Waals surface area contributed by atoms with Crippen LogP contribution in [-0.2, 0) is 6.42 Å². The van der Waals surface area contributed by atoms with Crippen LogP contribution in [0.15, 0.2) is 40.8 Å². The monoisotopic (exact) mass is 486 g/mol. The molecule has 1 aliphatic heterocycles. The summed E-state index contributed by atoms with van der Waals surface area (Å²) in [6.45, 7) is 1.73. The van der Waals surface area contributed by atoms with Crippen molar-refractivity contribution in [1.82, 2.24) is 20.5 Å². The smallest absolute Gasteiger partial charge is 0.393 e. The Bertz CT molecular complexity index is 1340. The summed E-state index contributed by atoms with van der Waals surface area (Å²) in [5.74, 6) is 1.89. The van der Waals surface area contributed by atoms with Gasteiger partial charge in [-0.1, -0.05) is 0 Å². The molecule has 5 rings (SSSR count).